The molecule has 156 valence electrons. The van der Waals surface area contributed by atoms with Crippen molar-refractivity contribution < 1.29 is 18.3 Å². The highest BCUT2D eigenvalue weighted by Gasteiger charge is 2.30. The Labute approximate surface area is 175 Å². The lowest BCUT2D eigenvalue weighted by Crippen LogP contribution is -2.50. The zero-order valence-corrected chi connectivity index (χ0v) is 19.7. The molecule has 0 spiro atoms. The zero-order chi connectivity index (χ0) is 19.1. The summed E-state index contributed by atoms with van der Waals surface area (Å²) in [7, 11) is -3.19. The average Bonchev–Trinajstić information content (AvgIpc) is 2.49. The van der Waals surface area contributed by atoms with Crippen LogP contribution in [0.25, 0.3) is 0 Å². The van der Waals surface area contributed by atoms with Gasteiger partial charge in [-0.25, -0.2) is 8.42 Å². The van der Waals surface area contributed by atoms with Crippen LogP contribution in [-0.4, -0.2) is 93.5 Å². The van der Waals surface area contributed by atoms with E-state index in [2.05, 4.69) is 20.5 Å². The number of β-amino-alcohol motifs (C(OH)–C–C–N with tert-alkyl or cyclic N) is 1. The first-order valence-electron chi connectivity index (χ1n) is 8.71. The number of aliphatic imine (C=N–C) groups is 1. The minimum Gasteiger partial charge on any atom is -0.387 e. The molecule has 0 aromatic heterocycles. The molecule has 1 unspecified atom stereocenters. The third kappa shape index (κ3) is 9.16. The van der Waals surface area contributed by atoms with Gasteiger partial charge in [0.1, 0.15) is 0 Å². The summed E-state index contributed by atoms with van der Waals surface area (Å²) in [5, 5.41) is 16.7. The molecule has 0 aromatic carbocycles. The molecular weight excluding hydrogens is 471 g/mol. The maximum Gasteiger partial charge on any atom is 0.191 e. The van der Waals surface area contributed by atoms with Gasteiger partial charge in [-0.2, -0.15) is 0 Å². The monoisotopic (exact) mass is 506 g/mol. The molecule has 1 fully saturated rings. The summed E-state index contributed by atoms with van der Waals surface area (Å²) >= 11 is 0. The third-order valence-corrected chi connectivity index (χ3v) is 6.43. The molecule has 0 radical (unpaired) electrons. The van der Waals surface area contributed by atoms with E-state index in [0.717, 1.165) is 13.1 Å². The smallest absolute Gasteiger partial charge is 0.191 e. The number of morpholine rings is 1. The molecule has 1 aliphatic rings. The number of aliphatic hydroxyl groups is 1. The largest absolute Gasteiger partial charge is 0.387 e. The lowest BCUT2D eigenvalue weighted by molar-refractivity contribution is -0.0180. The Morgan fingerprint density at radius 1 is 1.23 bits per heavy atom. The Kier molecular flexibility index (Phi) is 10.9. The van der Waals surface area contributed by atoms with Gasteiger partial charge in [-0.1, -0.05) is 0 Å². The van der Waals surface area contributed by atoms with E-state index < -0.39 is 20.2 Å². The maximum atomic E-state index is 11.8. The normalized spacial score (nSPS) is 19.4. The first-order valence-corrected chi connectivity index (χ1v) is 10.6. The van der Waals surface area contributed by atoms with Crippen molar-refractivity contribution in [3.8, 4) is 0 Å². The van der Waals surface area contributed by atoms with Gasteiger partial charge in [0, 0.05) is 39.0 Å². The number of sulfone groups is 1. The van der Waals surface area contributed by atoms with Gasteiger partial charge < -0.3 is 20.5 Å². The molecule has 3 N–H and O–H groups in total. The van der Waals surface area contributed by atoms with Crippen LogP contribution in [0.1, 0.15) is 27.7 Å². The Bertz CT molecular complexity index is 546. The molecule has 10 heteroatoms. The molecule has 0 aliphatic carbocycles. The van der Waals surface area contributed by atoms with E-state index in [0.29, 0.717) is 32.3 Å². The van der Waals surface area contributed by atoms with E-state index in [9.17, 15) is 13.5 Å². The van der Waals surface area contributed by atoms with Crippen molar-refractivity contribution in [2.45, 2.75) is 38.0 Å². The maximum absolute atomic E-state index is 11.8. The summed E-state index contributed by atoms with van der Waals surface area (Å²) in [6.45, 7) is 11.7. The van der Waals surface area contributed by atoms with Crippen LogP contribution in [0.5, 0.6) is 0 Å². The van der Waals surface area contributed by atoms with Crippen molar-refractivity contribution in [2.75, 3.05) is 58.7 Å². The second kappa shape index (κ2) is 11.0. The topological polar surface area (TPSA) is 103 Å². The number of rotatable bonds is 8. The first kappa shape index (κ1) is 25.8. The standard InChI is InChI=1S/C16H34N4O4S.HI/c1-6-17-14(18-11-15(2,3)25(5,22)23)19-12-16(4,21)13-20-7-9-24-10-8-20;/h21H,6-13H2,1-5H3,(H2,17,18,19);1H. The number of hydrogen-bond donors (Lipinski definition) is 3. The minimum atomic E-state index is -3.19. The van der Waals surface area contributed by atoms with Crippen LogP contribution in [0.15, 0.2) is 4.99 Å². The predicted octanol–water partition coefficient (Wildman–Crippen LogP) is 0.0659. The van der Waals surface area contributed by atoms with Gasteiger partial charge in [-0.05, 0) is 27.7 Å². The molecular formula is C16H35IN4O4S. The van der Waals surface area contributed by atoms with Crippen molar-refractivity contribution in [1.82, 2.24) is 15.5 Å². The lowest BCUT2D eigenvalue weighted by Gasteiger charge is -2.33. The van der Waals surface area contributed by atoms with Crippen molar-refractivity contribution in [3.63, 3.8) is 0 Å². The molecule has 0 aromatic rings. The number of ether oxygens (including phenoxy) is 1. The average molecular weight is 506 g/mol. The third-order valence-electron chi connectivity index (χ3n) is 4.28. The molecule has 0 bridgehead atoms. The molecule has 0 saturated carbocycles. The fourth-order valence-electron chi connectivity index (χ4n) is 2.31. The second-order valence-corrected chi connectivity index (χ2v) is 10.1. The van der Waals surface area contributed by atoms with Crippen LogP contribution in [0, 0.1) is 0 Å². The van der Waals surface area contributed by atoms with Gasteiger partial charge in [-0.3, -0.25) is 9.89 Å². The Morgan fingerprint density at radius 3 is 2.31 bits per heavy atom. The van der Waals surface area contributed by atoms with Crippen molar-refractivity contribution in [3.05, 3.63) is 0 Å². The van der Waals surface area contributed by atoms with E-state index in [1.54, 1.807) is 20.8 Å². The molecule has 0 amide bonds. The molecule has 1 saturated heterocycles. The van der Waals surface area contributed by atoms with Crippen LogP contribution >= 0.6 is 24.0 Å². The minimum absolute atomic E-state index is 0. The number of nitrogens with zero attached hydrogens (tertiary/aromatic N) is 2. The number of nitrogens with one attached hydrogen (secondary N) is 2. The SMILES string of the molecule is CCNC(=NCC(C)(O)CN1CCOCC1)NCC(C)(C)S(C)(=O)=O.I. The predicted molar refractivity (Wildman–Crippen MR) is 116 cm³/mol. The van der Waals surface area contributed by atoms with E-state index in [4.69, 9.17) is 4.74 Å². The zero-order valence-electron chi connectivity index (χ0n) is 16.5. The van der Waals surface area contributed by atoms with Gasteiger partial charge in [0.05, 0.1) is 30.1 Å². The van der Waals surface area contributed by atoms with Crippen LogP contribution in [0.3, 0.4) is 0 Å². The fourth-order valence-corrected chi connectivity index (χ4v) is 2.64. The lowest BCUT2D eigenvalue weighted by atomic mass is 10.1. The molecule has 26 heavy (non-hydrogen) atoms. The summed E-state index contributed by atoms with van der Waals surface area (Å²) in [6, 6.07) is 0. The summed E-state index contributed by atoms with van der Waals surface area (Å²) < 4.78 is 28.0. The van der Waals surface area contributed by atoms with Crippen molar-refractivity contribution in [2.24, 2.45) is 4.99 Å². The highest BCUT2D eigenvalue weighted by Crippen LogP contribution is 2.13. The summed E-state index contributed by atoms with van der Waals surface area (Å²) in [6.07, 6.45) is 1.23. The molecule has 1 rings (SSSR count). The molecule has 8 nitrogen and oxygen atoms in total. The van der Waals surface area contributed by atoms with Crippen LogP contribution in [-0.2, 0) is 14.6 Å². The van der Waals surface area contributed by atoms with E-state index in [1.165, 1.54) is 6.26 Å². The van der Waals surface area contributed by atoms with E-state index >= 15 is 0 Å². The summed E-state index contributed by atoms with van der Waals surface area (Å²) in [5.74, 6) is 0.501. The molecule has 1 heterocycles. The quantitative estimate of drug-likeness (QED) is 0.243. The van der Waals surface area contributed by atoms with Gasteiger partial charge in [0.2, 0.25) is 0 Å². The van der Waals surface area contributed by atoms with Gasteiger partial charge in [0.25, 0.3) is 0 Å². The number of halogens is 1. The first-order chi connectivity index (χ1) is 11.5. The van der Waals surface area contributed by atoms with E-state index in [-0.39, 0.29) is 37.1 Å². The van der Waals surface area contributed by atoms with Gasteiger partial charge in [-0.15, -0.1) is 24.0 Å². The number of guanidine groups is 1. The van der Waals surface area contributed by atoms with E-state index in [1.807, 2.05) is 6.92 Å². The molecule has 1 atom stereocenters. The van der Waals surface area contributed by atoms with Crippen LogP contribution < -0.4 is 10.6 Å². The van der Waals surface area contributed by atoms with Crippen molar-refractivity contribution >= 4 is 39.8 Å². The molecule has 1 aliphatic heterocycles. The number of hydrogen-bond acceptors (Lipinski definition) is 6. The van der Waals surface area contributed by atoms with Crippen LogP contribution in [0.4, 0.5) is 0 Å². The summed E-state index contributed by atoms with van der Waals surface area (Å²) in [4.78, 5) is 6.59. The Morgan fingerprint density at radius 2 is 1.81 bits per heavy atom. The fraction of sp³-hybridized carbons (Fsp3) is 0.938. The summed E-state index contributed by atoms with van der Waals surface area (Å²) in [5.41, 5.74) is -0.966. The van der Waals surface area contributed by atoms with Gasteiger partial charge >= 0.3 is 0 Å². The van der Waals surface area contributed by atoms with Crippen LogP contribution in [0.2, 0.25) is 0 Å². The Balaban J connectivity index is 0.00000625. The second-order valence-electron chi connectivity index (χ2n) is 7.47. The highest BCUT2D eigenvalue weighted by molar-refractivity contribution is 14.0. The Hall–Kier alpha value is -0.170. The van der Waals surface area contributed by atoms with Gasteiger partial charge in [0.15, 0.2) is 15.8 Å². The van der Waals surface area contributed by atoms with Crippen molar-refractivity contribution in [1.29, 1.82) is 0 Å². The highest BCUT2D eigenvalue weighted by atomic mass is 127.